The first kappa shape index (κ1) is 59.0. The Bertz CT molecular complexity index is 2110. The summed E-state index contributed by atoms with van der Waals surface area (Å²) in [5.74, 6) is -1.30. The fraction of sp³-hybridized carbons (Fsp3) is 0.906. The number of allylic oxidation sites excluding steroid dienone is 1. The highest BCUT2D eigenvalue weighted by atomic mass is 16.8. The van der Waals surface area contributed by atoms with Crippen molar-refractivity contribution in [3.8, 4) is 0 Å². The molecule has 78 heavy (non-hydrogen) atoms. The first-order chi connectivity index (χ1) is 37.2. The monoisotopic (exact) mass is 1120 g/mol. The highest BCUT2D eigenvalue weighted by Crippen LogP contribution is 2.57. The van der Waals surface area contributed by atoms with Crippen LogP contribution in [-0.4, -0.2) is 245 Å². The summed E-state index contributed by atoms with van der Waals surface area (Å²) in [6.07, 6.45) is -20.0. The van der Waals surface area contributed by atoms with Crippen LogP contribution in [-0.2, 0) is 75.8 Å². The van der Waals surface area contributed by atoms with Gasteiger partial charge >= 0.3 is 5.97 Å². The lowest BCUT2D eigenvalue weighted by molar-refractivity contribution is -0.364. The van der Waals surface area contributed by atoms with Crippen LogP contribution in [0.5, 0.6) is 0 Å². The zero-order valence-corrected chi connectivity index (χ0v) is 45.2. The van der Waals surface area contributed by atoms with Crippen molar-refractivity contribution < 1.29 is 122 Å². The maximum atomic E-state index is 13.8. The molecule has 2 aliphatic carbocycles. The Morgan fingerprint density at radius 3 is 2.04 bits per heavy atom. The molecule has 8 aliphatic heterocycles. The summed E-state index contributed by atoms with van der Waals surface area (Å²) in [4.78, 5) is 13.8. The number of esters is 1. The molecule has 8 heterocycles. The van der Waals surface area contributed by atoms with Gasteiger partial charge in [-0.25, -0.2) is 0 Å². The van der Waals surface area contributed by atoms with Gasteiger partial charge in [0.05, 0.1) is 74.5 Å². The summed E-state index contributed by atoms with van der Waals surface area (Å²) in [7, 11) is 2.91. The predicted octanol–water partition coefficient (Wildman–Crippen LogP) is -1.35. The summed E-state index contributed by atoms with van der Waals surface area (Å²) in [6.45, 7) is 8.44. The molecule has 444 valence electrons. The first-order valence-electron chi connectivity index (χ1n) is 27.7. The minimum Gasteiger partial charge on any atom is -0.469 e. The van der Waals surface area contributed by atoms with Gasteiger partial charge in [0.2, 0.25) is 5.79 Å². The van der Waals surface area contributed by atoms with Crippen LogP contribution in [0.15, 0.2) is 23.5 Å². The molecule has 0 unspecified atom stereocenters. The van der Waals surface area contributed by atoms with Crippen LogP contribution >= 0.6 is 0 Å². The summed E-state index contributed by atoms with van der Waals surface area (Å²) < 4.78 is 90.9. The van der Waals surface area contributed by atoms with Crippen LogP contribution in [0.2, 0.25) is 0 Å². The van der Waals surface area contributed by atoms with Crippen LogP contribution in [0, 0.1) is 23.2 Å². The van der Waals surface area contributed by atoms with E-state index in [0.717, 1.165) is 24.8 Å². The number of carbonyl (C=O) groups excluding carboxylic acids is 1. The molecule has 10 rings (SSSR count). The molecule has 1 saturated carbocycles. The normalized spacial score (nSPS) is 52.5. The molecule has 0 radical (unpaired) electrons. The molecule has 30 atom stereocenters. The number of fused-ring (bicyclic) bond motifs is 3. The number of methoxy groups -OCH3 is 2. The second kappa shape index (κ2) is 23.9. The molecule has 0 aromatic heterocycles. The number of hydrogen-bond donors (Lipinski definition) is 9. The molecule has 0 bridgehead atoms. The summed E-state index contributed by atoms with van der Waals surface area (Å²) >= 11 is 0. The van der Waals surface area contributed by atoms with Crippen molar-refractivity contribution in [2.75, 3.05) is 34.0 Å². The standard InChI is InChI=1S/C53H82O25/c1-21-44(76-35-16-30(64-6)45(22(2)70-35)78-50-42(61)40(59)38(57)33(75-50)19-66-49-41(60)39(58)37(56)31(17-54)74-49)29(55)15-34(69-21)77-46-23(3)71-51(43(62)47(46)65-7)72-26-12-13-52(4)25(14-26)9-10-27-28(52)11-8-24-18-67-53(5)36(24)32(20-68-53)73-48(27)63/h9,18,21-23,26-47,49-51,54-62H,8,10-17,19-20H2,1-7H3/t21-,22-,23-,26+,27-,28+,29-,30-,31-,32-,33-,34+,35+,36-,37-,38-,39+,40+,41-,42-,43-,44-,45-,46-,47-,49-,50+,51+,52+,53+/m1/s1. The van der Waals surface area contributed by atoms with Crippen LogP contribution in [0.25, 0.3) is 0 Å². The number of ether oxygens (including phenoxy) is 15. The van der Waals surface area contributed by atoms with Crippen LogP contribution in [0.1, 0.15) is 86.0 Å². The van der Waals surface area contributed by atoms with Gasteiger partial charge in [0.25, 0.3) is 0 Å². The van der Waals surface area contributed by atoms with E-state index in [-0.39, 0.29) is 54.2 Å². The molecule has 25 nitrogen and oxygen atoms in total. The molecular weight excluding hydrogens is 1040 g/mol. The van der Waals surface area contributed by atoms with E-state index in [1.807, 2.05) is 6.92 Å². The third-order valence-electron chi connectivity index (χ3n) is 18.5. The lowest BCUT2D eigenvalue weighted by Gasteiger charge is -2.51. The summed E-state index contributed by atoms with van der Waals surface area (Å²) in [6, 6.07) is 0. The van der Waals surface area contributed by atoms with Crippen LogP contribution in [0.3, 0.4) is 0 Å². The van der Waals surface area contributed by atoms with E-state index in [9.17, 15) is 50.8 Å². The van der Waals surface area contributed by atoms with E-state index in [4.69, 9.17) is 71.1 Å². The van der Waals surface area contributed by atoms with Gasteiger partial charge in [-0.1, -0.05) is 18.6 Å². The Kier molecular flexibility index (Phi) is 18.1. The topological polar surface area (TPSA) is 338 Å². The van der Waals surface area contributed by atoms with Crippen LogP contribution < -0.4 is 0 Å². The van der Waals surface area contributed by atoms with Gasteiger partial charge in [-0.3, -0.25) is 4.79 Å². The minimum atomic E-state index is -1.78. The van der Waals surface area contributed by atoms with Crippen LogP contribution in [0.4, 0.5) is 0 Å². The minimum absolute atomic E-state index is 0.0192. The zero-order chi connectivity index (χ0) is 55.7. The van der Waals surface area contributed by atoms with Gasteiger partial charge in [0.15, 0.2) is 31.5 Å². The smallest absolute Gasteiger partial charge is 0.309 e. The third kappa shape index (κ3) is 11.2. The largest absolute Gasteiger partial charge is 0.469 e. The molecule has 0 spiro atoms. The molecule has 25 heteroatoms. The molecule has 0 amide bonds. The summed E-state index contributed by atoms with van der Waals surface area (Å²) in [5, 5.41) is 96.0. The maximum Gasteiger partial charge on any atom is 0.309 e. The van der Waals surface area contributed by atoms with Gasteiger partial charge in [-0.2, -0.15) is 0 Å². The molecule has 0 aromatic rings. The van der Waals surface area contributed by atoms with E-state index < -0.39 is 160 Å². The van der Waals surface area contributed by atoms with Gasteiger partial charge in [-0.05, 0) is 76.2 Å². The molecule has 10 aliphatic rings. The number of hydrogen-bond acceptors (Lipinski definition) is 25. The predicted molar refractivity (Wildman–Crippen MR) is 260 cm³/mol. The van der Waals surface area contributed by atoms with Gasteiger partial charge in [0, 0.05) is 34.0 Å². The number of aliphatic hydroxyl groups excluding tert-OH is 9. The van der Waals surface area contributed by atoms with E-state index >= 15 is 0 Å². The van der Waals surface area contributed by atoms with Gasteiger partial charge < -0.3 is 117 Å². The van der Waals surface area contributed by atoms with Crippen molar-refractivity contribution in [3.63, 3.8) is 0 Å². The second-order valence-electron chi connectivity index (χ2n) is 23.3. The van der Waals surface area contributed by atoms with Crippen molar-refractivity contribution in [3.05, 3.63) is 23.5 Å². The highest BCUT2D eigenvalue weighted by Gasteiger charge is 2.59. The average Bonchev–Trinajstić information content (AvgIpc) is 4.01. The Balaban J connectivity index is 0.699. The lowest BCUT2D eigenvalue weighted by Crippen LogP contribution is -2.63. The van der Waals surface area contributed by atoms with Gasteiger partial charge in [-0.15, -0.1) is 0 Å². The fourth-order valence-corrected chi connectivity index (χ4v) is 13.9. The number of rotatable bonds is 14. The van der Waals surface area contributed by atoms with Crippen molar-refractivity contribution >= 4 is 5.97 Å². The Labute approximate surface area is 452 Å². The van der Waals surface area contributed by atoms with Crippen molar-refractivity contribution in [2.45, 2.75) is 245 Å². The second-order valence-corrected chi connectivity index (χ2v) is 23.3. The summed E-state index contributed by atoms with van der Waals surface area (Å²) in [5.41, 5.74) is 2.11. The Morgan fingerprint density at radius 1 is 0.679 bits per heavy atom. The Morgan fingerprint density at radius 2 is 1.33 bits per heavy atom. The van der Waals surface area contributed by atoms with E-state index in [1.54, 1.807) is 27.0 Å². The fourth-order valence-electron chi connectivity index (χ4n) is 13.9. The molecular formula is C53H82O25. The molecule has 0 aromatic carbocycles. The number of aliphatic hydroxyl groups is 9. The molecule has 8 fully saturated rings. The van der Waals surface area contributed by atoms with Crippen molar-refractivity contribution in [1.82, 2.24) is 0 Å². The van der Waals surface area contributed by atoms with Crippen molar-refractivity contribution in [1.29, 1.82) is 0 Å². The first-order valence-corrected chi connectivity index (χ1v) is 27.7. The number of carbonyl (C=O) groups is 1. The van der Waals surface area contributed by atoms with Gasteiger partial charge in [0.1, 0.15) is 85.5 Å². The molecule has 9 N–H and O–H groups in total. The third-order valence-corrected chi connectivity index (χ3v) is 18.5. The lowest BCUT2D eigenvalue weighted by atomic mass is 9.55. The van der Waals surface area contributed by atoms with E-state index in [1.165, 1.54) is 19.8 Å². The average molecular weight is 1120 g/mol. The Hall–Kier alpha value is -2.13. The van der Waals surface area contributed by atoms with E-state index in [0.29, 0.717) is 25.9 Å². The quantitative estimate of drug-likeness (QED) is 0.0717. The SMILES string of the molecule is CO[C@@H]1[C@@H](O)[C@H](O[C@H]2CC[C@@]3(C)C(=CC[C@H]4C(=O)O[C@@H]5CO[C@]6(C)OC=C(CC[C@@H]43)[C@H]56)C2)O[C@H](C)[C@H]1O[C@H]1C[C@@H](O)[C@H](O[C@H]2C[C@@H](OC)[C@H](O[C@@H]3O[C@H](CO[C@@H]4O[C@H](CO)[C@@H](O)[C@H](O)[C@H]4O)[C@@H](O)[C@H](O)[C@H]3O)[C@@H](C)O2)[C@@H](C)O1. The highest BCUT2D eigenvalue weighted by molar-refractivity contribution is 5.74. The zero-order valence-electron chi connectivity index (χ0n) is 45.2. The maximum absolute atomic E-state index is 13.8. The molecule has 7 saturated heterocycles. The van der Waals surface area contributed by atoms with E-state index in [2.05, 4.69) is 13.0 Å². The van der Waals surface area contributed by atoms with Crippen molar-refractivity contribution in [2.24, 2.45) is 23.2 Å².